The highest BCUT2D eigenvalue weighted by Gasteiger charge is 2.26. The summed E-state index contributed by atoms with van der Waals surface area (Å²) in [5.74, 6) is 1.77. The maximum Gasteiger partial charge on any atom is 0.0589 e. The van der Waals surface area contributed by atoms with Crippen LogP contribution in [0.4, 0.5) is 0 Å². The first-order chi connectivity index (χ1) is 7.97. The Balaban J connectivity index is 2.34. The fourth-order valence-corrected chi connectivity index (χ4v) is 2.91. The van der Waals surface area contributed by atoms with Gasteiger partial charge in [-0.05, 0) is 36.6 Å². The number of aliphatic hydroxyl groups is 1. The quantitative estimate of drug-likeness (QED) is 0.775. The SMILES string of the molecule is CC[C@@H]1CCC[C@@H](CN[C@H](CO)C(C)(C)C)C1. The molecule has 1 aliphatic rings. The van der Waals surface area contributed by atoms with E-state index in [1.807, 2.05) is 0 Å². The zero-order valence-electron chi connectivity index (χ0n) is 12.1. The van der Waals surface area contributed by atoms with Crippen molar-refractivity contribution in [2.24, 2.45) is 17.3 Å². The molecule has 17 heavy (non-hydrogen) atoms. The van der Waals surface area contributed by atoms with Crippen LogP contribution in [0.1, 0.15) is 59.8 Å². The fraction of sp³-hybridized carbons (Fsp3) is 1.00. The molecule has 102 valence electrons. The number of nitrogens with one attached hydrogen (secondary N) is 1. The zero-order chi connectivity index (χ0) is 12.9. The highest BCUT2D eigenvalue weighted by Crippen LogP contribution is 2.31. The molecule has 1 rings (SSSR count). The van der Waals surface area contributed by atoms with E-state index in [4.69, 9.17) is 0 Å². The topological polar surface area (TPSA) is 32.3 Å². The third-order valence-electron chi connectivity index (χ3n) is 4.35. The lowest BCUT2D eigenvalue weighted by Crippen LogP contribution is -2.45. The van der Waals surface area contributed by atoms with Crippen LogP contribution in [0.5, 0.6) is 0 Å². The van der Waals surface area contributed by atoms with Gasteiger partial charge in [0, 0.05) is 6.04 Å². The van der Waals surface area contributed by atoms with Gasteiger partial charge in [-0.1, -0.05) is 47.0 Å². The normalized spacial score (nSPS) is 28.1. The third kappa shape index (κ3) is 4.97. The maximum atomic E-state index is 9.43. The van der Waals surface area contributed by atoms with Crippen molar-refractivity contribution in [3.05, 3.63) is 0 Å². The van der Waals surface area contributed by atoms with E-state index in [1.165, 1.54) is 32.1 Å². The minimum atomic E-state index is 0.146. The summed E-state index contributed by atoms with van der Waals surface area (Å²) in [4.78, 5) is 0. The van der Waals surface area contributed by atoms with Crippen LogP contribution >= 0.6 is 0 Å². The molecule has 2 N–H and O–H groups in total. The van der Waals surface area contributed by atoms with E-state index in [-0.39, 0.29) is 18.1 Å². The Labute approximate surface area is 107 Å². The van der Waals surface area contributed by atoms with Gasteiger partial charge in [0.05, 0.1) is 6.61 Å². The first-order valence-electron chi connectivity index (χ1n) is 7.31. The van der Waals surface area contributed by atoms with Crippen LogP contribution in [-0.4, -0.2) is 24.3 Å². The van der Waals surface area contributed by atoms with Gasteiger partial charge in [-0.25, -0.2) is 0 Å². The molecule has 0 amide bonds. The largest absolute Gasteiger partial charge is 0.395 e. The molecule has 0 bridgehead atoms. The van der Waals surface area contributed by atoms with E-state index in [1.54, 1.807) is 0 Å². The molecule has 0 aromatic rings. The van der Waals surface area contributed by atoms with Crippen molar-refractivity contribution in [1.29, 1.82) is 0 Å². The smallest absolute Gasteiger partial charge is 0.0589 e. The molecule has 0 spiro atoms. The Morgan fingerprint density at radius 2 is 1.88 bits per heavy atom. The molecule has 0 heterocycles. The molecular weight excluding hydrogens is 210 g/mol. The lowest BCUT2D eigenvalue weighted by atomic mass is 9.79. The van der Waals surface area contributed by atoms with Crippen LogP contribution in [0, 0.1) is 17.3 Å². The average Bonchev–Trinajstić information content (AvgIpc) is 2.28. The molecule has 3 atom stereocenters. The Morgan fingerprint density at radius 3 is 2.41 bits per heavy atom. The summed E-state index contributed by atoms with van der Waals surface area (Å²) in [6.07, 6.45) is 6.90. The van der Waals surface area contributed by atoms with Crippen LogP contribution in [0.25, 0.3) is 0 Å². The number of hydrogen-bond acceptors (Lipinski definition) is 2. The van der Waals surface area contributed by atoms with Crippen LogP contribution in [0.15, 0.2) is 0 Å². The molecule has 1 aliphatic carbocycles. The van der Waals surface area contributed by atoms with E-state index in [2.05, 4.69) is 33.0 Å². The molecule has 0 radical (unpaired) electrons. The zero-order valence-corrected chi connectivity index (χ0v) is 12.1. The fourth-order valence-electron chi connectivity index (χ4n) is 2.91. The predicted molar refractivity (Wildman–Crippen MR) is 74.1 cm³/mol. The van der Waals surface area contributed by atoms with Gasteiger partial charge >= 0.3 is 0 Å². The van der Waals surface area contributed by atoms with Crippen molar-refractivity contribution < 1.29 is 5.11 Å². The maximum absolute atomic E-state index is 9.43. The standard InChI is InChI=1S/C15H31NO/c1-5-12-7-6-8-13(9-12)10-16-14(11-17)15(2,3)4/h12-14,16-17H,5-11H2,1-4H3/t12-,13-,14-/m1/s1. The minimum absolute atomic E-state index is 0.146. The molecule has 0 saturated heterocycles. The molecule has 1 saturated carbocycles. The first-order valence-corrected chi connectivity index (χ1v) is 7.31. The Kier molecular flexibility index (Phi) is 5.94. The molecule has 0 aromatic carbocycles. The van der Waals surface area contributed by atoms with Crippen LogP contribution < -0.4 is 5.32 Å². The second kappa shape index (κ2) is 6.75. The molecule has 2 nitrogen and oxygen atoms in total. The molecule has 0 aromatic heterocycles. The molecule has 2 heteroatoms. The second-order valence-electron chi connectivity index (χ2n) is 6.82. The van der Waals surface area contributed by atoms with Crippen molar-refractivity contribution >= 4 is 0 Å². The second-order valence-corrected chi connectivity index (χ2v) is 6.82. The van der Waals surface area contributed by atoms with Crippen molar-refractivity contribution in [2.75, 3.05) is 13.2 Å². The summed E-state index contributed by atoms with van der Waals surface area (Å²) in [6, 6.07) is 0.226. The van der Waals surface area contributed by atoms with Gasteiger partial charge in [0.25, 0.3) is 0 Å². The summed E-state index contributed by atoms with van der Waals surface area (Å²) >= 11 is 0. The van der Waals surface area contributed by atoms with Gasteiger partial charge in [-0.2, -0.15) is 0 Å². The van der Waals surface area contributed by atoms with E-state index < -0.39 is 0 Å². The molecule has 1 fully saturated rings. The molecular formula is C15H31NO. The number of rotatable bonds is 5. The number of aliphatic hydroxyl groups excluding tert-OH is 1. The summed E-state index contributed by atoms with van der Waals surface area (Å²) in [6.45, 7) is 10.2. The number of hydrogen-bond donors (Lipinski definition) is 2. The Morgan fingerprint density at radius 1 is 1.24 bits per heavy atom. The summed E-state index contributed by atoms with van der Waals surface area (Å²) < 4.78 is 0. The van der Waals surface area contributed by atoms with E-state index in [0.717, 1.165) is 18.4 Å². The van der Waals surface area contributed by atoms with E-state index in [9.17, 15) is 5.11 Å². The minimum Gasteiger partial charge on any atom is -0.395 e. The Hall–Kier alpha value is -0.0800. The van der Waals surface area contributed by atoms with E-state index >= 15 is 0 Å². The van der Waals surface area contributed by atoms with Crippen molar-refractivity contribution in [2.45, 2.75) is 65.8 Å². The van der Waals surface area contributed by atoms with Crippen molar-refractivity contribution in [3.8, 4) is 0 Å². The third-order valence-corrected chi connectivity index (χ3v) is 4.35. The summed E-state index contributed by atoms with van der Waals surface area (Å²) in [5, 5.41) is 13.0. The molecule has 0 aliphatic heterocycles. The monoisotopic (exact) mass is 241 g/mol. The first kappa shape index (κ1) is 15.0. The van der Waals surface area contributed by atoms with Gasteiger partial charge in [-0.15, -0.1) is 0 Å². The lowest BCUT2D eigenvalue weighted by Gasteiger charge is -2.34. The molecule has 0 unspecified atom stereocenters. The van der Waals surface area contributed by atoms with Gasteiger partial charge in [-0.3, -0.25) is 0 Å². The van der Waals surface area contributed by atoms with Gasteiger partial charge in [0.15, 0.2) is 0 Å². The lowest BCUT2D eigenvalue weighted by molar-refractivity contribution is 0.146. The van der Waals surface area contributed by atoms with Gasteiger partial charge in [0.1, 0.15) is 0 Å². The van der Waals surface area contributed by atoms with Gasteiger partial charge < -0.3 is 10.4 Å². The van der Waals surface area contributed by atoms with Gasteiger partial charge in [0.2, 0.25) is 0 Å². The van der Waals surface area contributed by atoms with Crippen molar-refractivity contribution in [3.63, 3.8) is 0 Å². The van der Waals surface area contributed by atoms with Crippen LogP contribution in [-0.2, 0) is 0 Å². The predicted octanol–water partition coefficient (Wildman–Crippen LogP) is 3.20. The van der Waals surface area contributed by atoms with E-state index in [0.29, 0.717) is 0 Å². The van der Waals surface area contributed by atoms with Crippen LogP contribution in [0.3, 0.4) is 0 Å². The Bertz CT molecular complexity index is 209. The van der Waals surface area contributed by atoms with Crippen LogP contribution in [0.2, 0.25) is 0 Å². The van der Waals surface area contributed by atoms with Crippen molar-refractivity contribution in [1.82, 2.24) is 5.32 Å². The highest BCUT2D eigenvalue weighted by atomic mass is 16.3. The highest BCUT2D eigenvalue weighted by molar-refractivity contribution is 4.82. The average molecular weight is 241 g/mol. The summed E-state index contributed by atoms with van der Waals surface area (Å²) in [5.41, 5.74) is 0.146. The summed E-state index contributed by atoms with van der Waals surface area (Å²) in [7, 11) is 0.